The molecule has 1 aromatic heterocycles. The molecule has 0 radical (unpaired) electrons. The summed E-state index contributed by atoms with van der Waals surface area (Å²) in [6, 6.07) is 16.3. The molecule has 0 spiro atoms. The van der Waals surface area contributed by atoms with Gasteiger partial charge in [-0.1, -0.05) is 23.8 Å². The van der Waals surface area contributed by atoms with E-state index >= 15 is 0 Å². The normalized spacial score (nSPS) is 10.1. The Morgan fingerprint density at radius 1 is 0.850 bits per heavy atom. The van der Waals surface area contributed by atoms with Gasteiger partial charge in [0.1, 0.15) is 18.5 Å². The largest absolute Gasteiger partial charge is 1.00 e. The maximum absolute atomic E-state index is 5.87. The standard InChI is InChI=1S/C17H16NO.HI/c1-13-3-6-16(7-4-13)19-17-8-5-14-9-10-18(2)12-15(14)11-17;/h3-12H,1-2H3;1H/q+1;/p-1. The van der Waals surface area contributed by atoms with Gasteiger partial charge in [-0.15, -0.1) is 0 Å². The van der Waals surface area contributed by atoms with Crippen molar-refractivity contribution in [3.63, 3.8) is 0 Å². The molecule has 2 nitrogen and oxygen atoms in total. The third-order valence-electron chi connectivity index (χ3n) is 3.15. The summed E-state index contributed by atoms with van der Waals surface area (Å²) in [5, 5.41) is 2.39. The van der Waals surface area contributed by atoms with Crippen molar-refractivity contribution in [1.29, 1.82) is 0 Å². The van der Waals surface area contributed by atoms with Crippen LogP contribution < -0.4 is 33.3 Å². The van der Waals surface area contributed by atoms with Crippen LogP contribution in [0.15, 0.2) is 60.9 Å². The number of aryl methyl sites for hydroxylation is 2. The number of halogens is 1. The van der Waals surface area contributed by atoms with Crippen LogP contribution in [0.4, 0.5) is 0 Å². The Balaban J connectivity index is 0.00000147. The molecule has 2 aromatic carbocycles. The molecule has 0 unspecified atom stereocenters. The second-order valence-electron chi connectivity index (χ2n) is 4.82. The molecule has 0 saturated carbocycles. The van der Waals surface area contributed by atoms with E-state index in [0.717, 1.165) is 11.5 Å². The molecule has 3 rings (SSSR count). The lowest BCUT2D eigenvalue weighted by molar-refractivity contribution is -0.670. The highest BCUT2D eigenvalue weighted by atomic mass is 127. The van der Waals surface area contributed by atoms with E-state index in [0.29, 0.717) is 0 Å². The Bertz CT molecular complexity index is 723. The van der Waals surface area contributed by atoms with Gasteiger partial charge in [0.2, 0.25) is 0 Å². The summed E-state index contributed by atoms with van der Waals surface area (Å²) in [5.41, 5.74) is 1.23. The van der Waals surface area contributed by atoms with E-state index in [-0.39, 0.29) is 24.0 Å². The first-order chi connectivity index (χ1) is 9.20. The van der Waals surface area contributed by atoms with Crippen molar-refractivity contribution >= 4 is 10.8 Å². The number of aromatic nitrogens is 1. The maximum atomic E-state index is 5.87. The van der Waals surface area contributed by atoms with Gasteiger partial charge < -0.3 is 28.7 Å². The van der Waals surface area contributed by atoms with Crippen LogP contribution in [0, 0.1) is 6.92 Å². The van der Waals surface area contributed by atoms with Crippen molar-refractivity contribution in [1.82, 2.24) is 0 Å². The van der Waals surface area contributed by atoms with Gasteiger partial charge in [0.05, 0.1) is 0 Å². The monoisotopic (exact) mass is 377 g/mol. The van der Waals surface area contributed by atoms with E-state index in [1.165, 1.54) is 16.3 Å². The molecule has 1 heterocycles. The van der Waals surface area contributed by atoms with E-state index in [2.05, 4.69) is 43.5 Å². The first-order valence-electron chi connectivity index (χ1n) is 6.34. The van der Waals surface area contributed by atoms with E-state index < -0.39 is 0 Å². The minimum atomic E-state index is 0. The lowest BCUT2D eigenvalue weighted by Gasteiger charge is -2.06. The van der Waals surface area contributed by atoms with Crippen LogP contribution >= 0.6 is 0 Å². The molecule has 0 bridgehead atoms. The second kappa shape index (κ2) is 6.22. The van der Waals surface area contributed by atoms with Gasteiger partial charge in [0, 0.05) is 11.5 Å². The number of benzene rings is 2. The fourth-order valence-corrected chi connectivity index (χ4v) is 2.08. The minimum Gasteiger partial charge on any atom is -1.00 e. The molecule has 0 aliphatic rings. The van der Waals surface area contributed by atoms with Crippen molar-refractivity contribution in [2.45, 2.75) is 6.92 Å². The molecule has 0 N–H and O–H groups in total. The Hall–Kier alpha value is -1.62. The summed E-state index contributed by atoms with van der Waals surface area (Å²) in [7, 11) is 2.02. The fourth-order valence-electron chi connectivity index (χ4n) is 2.08. The molecule has 0 amide bonds. The summed E-state index contributed by atoms with van der Waals surface area (Å²) in [4.78, 5) is 0. The van der Waals surface area contributed by atoms with Crippen molar-refractivity contribution in [3.05, 3.63) is 66.5 Å². The van der Waals surface area contributed by atoms with Gasteiger partial charge in [0.25, 0.3) is 0 Å². The topological polar surface area (TPSA) is 13.1 Å². The van der Waals surface area contributed by atoms with Crippen LogP contribution in [-0.2, 0) is 7.05 Å². The number of fused-ring (bicyclic) bond motifs is 1. The predicted molar refractivity (Wildman–Crippen MR) is 76.4 cm³/mol. The molecular weight excluding hydrogens is 361 g/mol. The second-order valence-corrected chi connectivity index (χ2v) is 4.82. The number of ether oxygens (including phenoxy) is 1. The van der Waals surface area contributed by atoms with Crippen molar-refractivity contribution in [2.75, 3.05) is 0 Å². The first-order valence-corrected chi connectivity index (χ1v) is 6.34. The van der Waals surface area contributed by atoms with E-state index in [1.54, 1.807) is 0 Å². The number of hydrogen-bond acceptors (Lipinski definition) is 1. The van der Waals surface area contributed by atoms with Crippen LogP contribution in [0.3, 0.4) is 0 Å². The Kier molecular flexibility index (Phi) is 4.60. The van der Waals surface area contributed by atoms with Crippen LogP contribution in [0.1, 0.15) is 5.56 Å². The van der Waals surface area contributed by atoms with E-state index in [4.69, 9.17) is 4.74 Å². The number of pyridine rings is 1. The third-order valence-corrected chi connectivity index (χ3v) is 3.15. The van der Waals surface area contributed by atoms with Gasteiger partial charge >= 0.3 is 0 Å². The van der Waals surface area contributed by atoms with Crippen LogP contribution in [0.2, 0.25) is 0 Å². The van der Waals surface area contributed by atoms with Gasteiger partial charge in [-0.25, -0.2) is 4.57 Å². The fraction of sp³-hybridized carbons (Fsp3) is 0.118. The van der Waals surface area contributed by atoms with Crippen molar-refractivity contribution in [3.8, 4) is 11.5 Å². The highest BCUT2D eigenvalue weighted by molar-refractivity contribution is 5.82. The molecule has 20 heavy (non-hydrogen) atoms. The van der Waals surface area contributed by atoms with Crippen LogP contribution in [-0.4, -0.2) is 0 Å². The Morgan fingerprint density at radius 2 is 1.55 bits per heavy atom. The average Bonchev–Trinajstić information content (AvgIpc) is 2.41. The Morgan fingerprint density at radius 3 is 2.30 bits per heavy atom. The third kappa shape index (κ3) is 3.28. The van der Waals surface area contributed by atoms with Crippen LogP contribution in [0.25, 0.3) is 10.8 Å². The molecule has 0 atom stereocenters. The van der Waals surface area contributed by atoms with Gasteiger partial charge in [-0.2, -0.15) is 0 Å². The summed E-state index contributed by atoms with van der Waals surface area (Å²) >= 11 is 0. The summed E-state index contributed by atoms with van der Waals surface area (Å²) in [6.45, 7) is 2.07. The van der Waals surface area contributed by atoms with Gasteiger partial charge in [0.15, 0.2) is 12.4 Å². The summed E-state index contributed by atoms with van der Waals surface area (Å²) < 4.78 is 7.91. The molecule has 0 fully saturated rings. The zero-order valence-electron chi connectivity index (χ0n) is 11.5. The highest BCUT2D eigenvalue weighted by Gasteiger charge is 2.02. The molecule has 0 aliphatic carbocycles. The molecule has 0 aliphatic heterocycles. The van der Waals surface area contributed by atoms with Gasteiger partial charge in [-0.05, 0) is 36.6 Å². The SMILES string of the molecule is Cc1ccc(Oc2ccc3cc[n+](C)cc3c2)cc1.[I-]. The zero-order chi connectivity index (χ0) is 13.2. The molecular formula is C17H16INO. The molecule has 0 saturated heterocycles. The quantitative estimate of drug-likeness (QED) is 0.475. The van der Waals surface area contributed by atoms with Crippen molar-refractivity contribution < 1.29 is 33.3 Å². The molecule has 3 heteroatoms. The lowest BCUT2D eigenvalue weighted by atomic mass is 10.1. The lowest BCUT2D eigenvalue weighted by Crippen LogP contribution is -3.00. The van der Waals surface area contributed by atoms with Crippen LogP contribution in [0.5, 0.6) is 11.5 Å². The zero-order valence-corrected chi connectivity index (χ0v) is 13.7. The highest BCUT2D eigenvalue weighted by Crippen LogP contribution is 2.25. The summed E-state index contributed by atoms with van der Waals surface area (Å²) in [5.74, 6) is 1.73. The smallest absolute Gasteiger partial charge is 0.176 e. The first kappa shape index (κ1) is 14.8. The van der Waals surface area contributed by atoms with Gasteiger partial charge in [-0.3, -0.25) is 0 Å². The predicted octanol–water partition coefficient (Wildman–Crippen LogP) is 0.769. The maximum Gasteiger partial charge on any atom is 0.176 e. The Labute approximate surface area is 136 Å². The molecule has 3 aromatic rings. The number of hydrogen-bond donors (Lipinski definition) is 0. The summed E-state index contributed by atoms with van der Waals surface area (Å²) in [6.07, 6.45) is 4.14. The average molecular weight is 377 g/mol. The minimum absolute atomic E-state index is 0. The van der Waals surface area contributed by atoms with E-state index in [1.807, 2.05) is 36.0 Å². The molecule has 102 valence electrons. The van der Waals surface area contributed by atoms with Crippen molar-refractivity contribution in [2.24, 2.45) is 7.05 Å². The number of rotatable bonds is 2. The number of nitrogens with zero attached hydrogens (tertiary/aromatic N) is 1. The van der Waals surface area contributed by atoms with E-state index in [9.17, 15) is 0 Å².